The van der Waals surface area contributed by atoms with Crippen LogP contribution in [0.15, 0.2) is 54.7 Å². The quantitative estimate of drug-likeness (QED) is 0.286. The number of amides is 1. The Morgan fingerprint density at radius 2 is 1.74 bits per heavy atom. The third-order valence-corrected chi connectivity index (χ3v) is 5.72. The molecule has 0 aliphatic carbocycles. The lowest BCUT2D eigenvalue weighted by Gasteiger charge is -2.16. The van der Waals surface area contributed by atoms with Crippen molar-refractivity contribution < 1.29 is 19.1 Å². The van der Waals surface area contributed by atoms with Crippen molar-refractivity contribution in [1.29, 1.82) is 0 Å². The van der Waals surface area contributed by atoms with E-state index in [2.05, 4.69) is 10.3 Å². The molecule has 0 saturated carbocycles. The Balaban J connectivity index is 1.62. The first-order valence-electron chi connectivity index (χ1n) is 9.94. The minimum Gasteiger partial charge on any atom is -0.467 e. The number of fused-ring (bicyclic) bond motifs is 2. The molecule has 4 aromatic rings. The topological polar surface area (TPSA) is 93.2 Å². The van der Waals surface area contributed by atoms with E-state index in [0.29, 0.717) is 16.6 Å². The third kappa shape index (κ3) is 3.59. The predicted molar refractivity (Wildman–Crippen MR) is 118 cm³/mol. The molecule has 2 N–H and O–H groups in total. The summed E-state index contributed by atoms with van der Waals surface area (Å²) in [4.78, 5) is 41.5. The zero-order valence-corrected chi connectivity index (χ0v) is 17.6. The van der Waals surface area contributed by atoms with Crippen LogP contribution in [0, 0.1) is 6.92 Å². The van der Waals surface area contributed by atoms with Crippen LogP contribution in [-0.2, 0) is 27.8 Å². The molecule has 2 aromatic heterocycles. The van der Waals surface area contributed by atoms with Crippen LogP contribution in [0.25, 0.3) is 21.8 Å². The fraction of sp³-hybridized carbons (Fsp3) is 0.208. The van der Waals surface area contributed by atoms with Crippen molar-refractivity contribution in [2.75, 3.05) is 7.11 Å². The Kier molecular flexibility index (Phi) is 5.33. The van der Waals surface area contributed by atoms with Gasteiger partial charge in [-0.05, 0) is 24.6 Å². The molecule has 2 heterocycles. The molecule has 0 spiro atoms. The van der Waals surface area contributed by atoms with Gasteiger partial charge in [0.05, 0.1) is 12.7 Å². The van der Waals surface area contributed by atoms with Gasteiger partial charge in [0.25, 0.3) is 11.7 Å². The molecule has 0 radical (unpaired) electrons. The molecule has 0 bridgehead atoms. The van der Waals surface area contributed by atoms with Gasteiger partial charge in [0.1, 0.15) is 6.04 Å². The number of aromatic amines is 1. The molecule has 0 unspecified atom stereocenters. The van der Waals surface area contributed by atoms with Crippen molar-refractivity contribution in [2.24, 2.45) is 7.05 Å². The van der Waals surface area contributed by atoms with Crippen LogP contribution in [0.5, 0.6) is 0 Å². The number of hydrogen-bond donors (Lipinski definition) is 2. The van der Waals surface area contributed by atoms with E-state index in [1.165, 1.54) is 7.11 Å². The number of esters is 1. The number of nitrogens with zero attached hydrogens (tertiary/aromatic N) is 1. The summed E-state index contributed by atoms with van der Waals surface area (Å²) in [5.74, 6) is -2.13. The highest BCUT2D eigenvalue weighted by Crippen LogP contribution is 2.25. The van der Waals surface area contributed by atoms with Gasteiger partial charge in [-0.15, -0.1) is 0 Å². The molecule has 1 atom stereocenters. The zero-order valence-electron chi connectivity index (χ0n) is 17.6. The summed E-state index contributed by atoms with van der Waals surface area (Å²) < 4.78 is 6.75. The third-order valence-electron chi connectivity index (χ3n) is 5.72. The van der Waals surface area contributed by atoms with Crippen molar-refractivity contribution in [3.63, 3.8) is 0 Å². The maximum atomic E-state index is 13.1. The van der Waals surface area contributed by atoms with E-state index in [9.17, 15) is 14.4 Å². The lowest BCUT2D eigenvalue weighted by atomic mass is 10.0. The molecule has 0 saturated heterocycles. The van der Waals surface area contributed by atoms with E-state index in [1.807, 2.05) is 60.1 Å². The van der Waals surface area contributed by atoms with Crippen LogP contribution in [-0.4, -0.2) is 40.4 Å². The van der Waals surface area contributed by atoms with Crippen molar-refractivity contribution in [2.45, 2.75) is 19.4 Å². The van der Waals surface area contributed by atoms with E-state index in [1.54, 1.807) is 13.1 Å². The molecule has 0 aliphatic rings. The number of aryl methyl sites for hydroxylation is 1. The summed E-state index contributed by atoms with van der Waals surface area (Å²) in [7, 11) is 3.11. The zero-order chi connectivity index (χ0) is 22.1. The van der Waals surface area contributed by atoms with Crippen molar-refractivity contribution >= 4 is 39.5 Å². The Morgan fingerprint density at radius 3 is 2.48 bits per heavy atom. The number of aromatic nitrogens is 2. The molecule has 1 amide bonds. The molecule has 0 fully saturated rings. The van der Waals surface area contributed by atoms with Gasteiger partial charge in [-0.1, -0.05) is 36.4 Å². The van der Waals surface area contributed by atoms with Crippen LogP contribution in [0.4, 0.5) is 0 Å². The summed E-state index contributed by atoms with van der Waals surface area (Å²) in [6.07, 6.45) is 1.99. The van der Waals surface area contributed by atoms with E-state index in [4.69, 9.17) is 4.74 Å². The lowest BCUT2D eigenvalue weighted by molar-refractivity contribution is -0.144. The van der Waals surface area contributed by atoms with Crippen molar-refractivity contribution in [3.8, 4) is 0 Å². The molecule has 4 rings (SSSR count). The van der Waals surface area contributed by atoms with Crippen LogP contribution in [0.1, 0.15) is 21.6 Å². The number of carbonyl (C=O) groups excluding carboxylic acids is 3. The highest BCUT2D eigenvalue weighted by atomic mass is 16.5. The Hall–Kier alpha value is -3.87. The maximum Gasteiger partial charge on any atom is 0.328 e. The first-order chi connectivity index (χ1) is 14.9. The second-order valence-electron chi connectivity index (χ2n) is 7.48. The highest BCUT2D eigenvalue weighted by Gasteiger charge is 2.29. The second kappa shape index (κ2) is 8.10. The second-order valence-corrected chi connectivity index (χ2v) is 7.48. The molecule has 158 valence electrons. The number of Topliss-reactive ketones (excluding diaryl/α,β-unsaturated/α-hetero) is 1. The van der Waals surface area contributed by atoms with Gasteiger partial charge in [0.2, 0.25) is 0 Å². The number of methoxy groups -OCH3 is 1. The minimum absolute atomic E-state index is 0.199. The van der Waals surface area contributed by atoms with Gasteiger partial charge >= 0.3 is 5.97 Å². The summed E-state index contributed by atoms with van der Waals surface area (Å²) >= 11 is 0. The Morgan fingerprint density at radius 1 is 1.06 bits per heavy atom. The summed E-state index contributed by atoms with van der Waals surface area (Å²) in [5, 5.41) is 4.23. The van der Waals surface area contributed by atoms with Gasteiger partial charge < -0.3 is 19.6 Å². The molecule has 2 aromatic carbocycles. The highest BCUT2D eigenvalue weighted by molar-refractivity contribution is 6.45. The predicted octanol–water partition coefficient (Wildman–Crippen LogP) is 3.05. The number of nitrogens with one attached hydrogen (secondary N) is 2. The van der Waals surface area contributed by atoms with Gasteiger partial charge in [-0.3, -0.25) is 9.59 Å². The SMILES string of the molecule is COC(=O)[C@H](Cc1c[nH]c2ccccc12)NC(=O)C(=O)c1c(C)n(C)c2ccccc12. The standard InChI is InChI=1S/C24H23N3O4/c1-14-21(17-9-5-7-11-20(17)27(14)2)22(28)23(29)26-19(24(30)31-3)12-15-13-25-18-10-6-4-8-16(15)18/h4-11,13,19,25H,12H2,1-3H3,(H,26,29)/t19-/m0/s1. The van der Waals surface area contributed by atoms with E-state index in [0.717, 1.165) is 22.0 Å². The van der Waals surface area contributed by atoms with Gasteiger partial charge in [-0.2, -0.15) is 0 Å². The first-order valence-corrected chi connectivity index (χ1v) is 9.94. The van der Waals surface area contributed by atoms with Crippen LogP contribution < -0.4 is 5.32 Å². The number of carbonyl (C=O) groups is 3. The summed E-state index contributed by atoms with van der Waals surface area (Å²) in [6.45, 7) is 1.80. The number of ketones is 1. The van der Waals surface area contributed by atoms with Crippen LogP contribution in [0.3, 0.4) is 0 Å². The number of benzene rings is 2. The van der Waals surface area contributed by atoms with E-state index >= 15 is 0 Å². The summed E-state index contributed by atoms with van der Waals surface area (Å²) in [5.41, 5.74) is 3.66. The van der Waals surface area contributed by atoms with Gasteiger partial charge in [0.15, 0.2) is 0 Å². The molecule has 31 heavy (non-hydrogen) atoms. The number of H-pyrrole nitrogens is 1. The minimum atomic E-state index is -0.990. The van der Waals surface area contributed by atoms with Gasteiger partial charge in [0, 0.05) is 47.2 Å². The Bertz CT molecular complexity index is 1320. The largest absolute Gasteiger partial charge is 0.467 e. The monoisotopic (exact) mass is 417 g/mol. The fourth-order valence-corrected chi connectivity index (χ4v) is 4.00. The number of rotatable bonds is 6. The van der Waals surface area contributed by atoms with Gasteiger partial charge in [-0.25, -0.2) is 4.79 Å². The molecular formula is C24H23N3O4. The number of hydrogen-bond acceptors (Lipinski definition) is 4. The van der Waals surface area contributed by atoms with E-state index in [-0.39, 0.29) is 6.42 Å². The fourth-order valence-electron chi connectivity index (χ4n) is 4.00. The molecule has 7 heteroatoms. The first kappa shape index (κ1) is 20.4. The van der Waals surface area contributed by atoms with E-state index < -0.39 is 23.7 Å². The lowest BCUT2D eigenvalue weighted by Crippen LogP contribution is -2.45. The van der Waals surface area contributed by atoms with Crippen LogP contribution in [0.2, 0.25) is 0 Å². The average Bonchev–Trinajstić information content (AvgIpc) is 3.31. The smallest absolute Gasteiger partial charge is 0.328 e. The Labute approximate surface area is 179 Å². The molecule has 7 nitrogen and oxygen atoms in total. The summed E-state index contributed by atoms with van der Waals surface area (Å²) in [6, 6.07) is 14.1. The maximum absolute atomic E-state index is 13.1. The normalized spacial score (nSPS) is 12.1. The number of para-hydroxylation sites is 2. The van der Waals surface area contributed by atoms with Crippen molar-refractivity contribution in [1.82, 2.24) is 14.9 Å². The molecular weight excluding hydrogens is 394 g/mol. The van der Waals surface area contributed by atoms with Crippen LogP contribution >= 0.6 is 0 Å². The molecule has 0 aliphatic heterocycles. The van der Waals surface area contributed by atoms with Crippen molar-refractivity contribution in [3.05, 3.63) is 71.5 Å². The number of ether oxygens (including phenoxy) is 1. The average molecular weight is 417 g/mol.